The van der Waals surface area contributed by atoms with Gasteiger partial charge in [-0.25, -0.2) is 9.97 Å². The Morgan fingerprint density at radius 3 is 2.58 bits per heavy atom. The van der Waals surface area contributed by atoms with E-state index in [0.717, 1.165) is 6.41 Å². The summed E-state index contributed by atoms with van der Waals surface area (Å²) in [6.07, 6.45) is 3.84. The van der Waals surface area contributed by atoms with Crippen LogP contribution in [0.2, 0.25) is 5.02 Å². The van der Waals surface area contributed by atoms with Crippen LogP contribution in [0.15, 0.2) is 30.6 Å². The third kappa shape index (κ3) is 4.02. The van der Waals surface area contributed by atoms with Gasteiger partial charge in [0.15, 0.2) is 0 Å². The molecule has 0 radical (unpaired) electrons. The Morgan fingerprint density at radius 1 is 1.23 bits per heavy atom. The maximum absolute atomic E-state index is 12.3. The molecule has 136 valence electrons. The molecule has 1 saturated heterocycles. The molecule has 9 heteroatoms. The van der Waals surface area contributed by atoms with E-state index in [-0.39, 0.29) is 11.6 Å². The van der Waals surface area contributed by atoms with Crippen LogP contribution in [-0.2, 0) is 4.79 Å². The van der Waals surface area contributed by atoms with E-state index in [2.05, 4.69) is 15.3 Å². The van der Waals surface area contributed by atoms with Gasteiger partial charge in [0, 0.05) is 31.9 Å². The van der Waals surface area contributed by atoms with Gasteiger partial charge >= 0.3 is 0 Å². The average molecular weight is 376 g/mol. The van der Waals surface area contributed by atoms with Crippen LogP contribution in [-0.4, -0.2) is 60.5 Å². The predicted octanol–water partition coefficient (Wildman–Crippen LogP) is 1.67. The minimum Gasteiger partial charge on any atom is -0.495 e. The first-order valence-corrected chi connectivity index (χ1v) is 8.39. The Bertz CT molecular complexity index is 791. The number of carbonyl (C=O) groups is 2. The van der Waals surface area contributed by atoms with Crippen LogP contribution in [0.3, 0.4) is 0 Å². The van der Waals surface area contributed by atoms with Gasteiger partial charge < -0.3 is 19.9 Å². The maximum Gasteiger partial charge on any atom is 0.275 e. The molecule has 0 saturated carbocycles. The number of aromatic nitrogens is 2. The molecule has 0 bridgehead atoms. The quantitative estimate of drug-likeness (QED) is 0.800. The normalized spacial score (nSPS) is 14.1. The molecular formula is C17H18ClN5O3. The molecule has 0 spiro atoms. The maximum atomic E-state index is 12.3. The second-order valence-electron chi connectivity index (χ2n) is 5.69. The SMILES string of the molecule is COc1ccc(NC(=O)c2cnc(N3CCN(C=O)CC3)cn2)cc1Cl. The van der Waals surface area contributed by atoms with E-state index in [1.807, 2.05) is 4.90 Å². The number of benzene rings is 1. The smallest absolute Gasteiger partial charge is 0.275 e. The van der Waals surface area contributed by atoms with Crippen LogP contribution in [0.1, 0.15) is 10.5 Å². The van der Waals surface area contributed by atoms with Gasteiger partial charge in [0.05, 0.1) is 24.5 Å². The number of hydrogen-bond donors (Lipinski definition) is 1. The van der Waals surface area contributed by atoms with Crippen LogP contribution < -0.4 is 15.0 Å². The molecule has 3 rings (SSSR count). The van der Waals surface area contributed by atoms with Gasteiger partial charge in [0.25, 0.3) is 5.91 Å². The highest BCUT2D eigenvalue weighted by molar-refractivity contribution is 6.32. The Labute approximate surface area is 155 Å². The highest BCUT2D eigenvalue weighted by Crippen LogP contribution is 2.27. The van der Waals surface area contributed by atoms with Gasteiger partial charge in [-0.2, -0.15) is 0 Å². The number of nitrogens with one attached hydrogen (secondary N) is 1. The number of amides is 2. The van der Waals surface area contributed by atoms with E-state index in [4.69, 9.17) is 16.3 Å². The first-order valence-electron chi connectivity index (χ1n) is 8.02. The Kier molecular flexibility index (Phi) is 5.52. The average Bonchev–Trinajstić information content (AvgIpc) is 2.68. The second-order valence-corrected chi connectivity index (χ2v) is 6.10. The number of carbonyl (C=O) groups excluding carboxylic acids is 2. The van der Waals surface area contributed by atoms with Crippen LogP contribution in [0.5, 0.6) is 5.75 Å². The van der Waals surface area contributed by atoms with Gasteiger partial charge in [0.2, 0.25) is 6.41 Å². The van der Waals surface area contributed by atoms with Crippen molar-refractivity contribution in [2.75, 3.05) is 43.5 Å². The van der Waals surface area contributed by atoms with Crippen molar-refractivity contribution in [1.82, 2.24) is 14.9 Å². The Morgan fingerprint density at radius 2 is 2.00 bits per heavy atom. The molecular weight excluding hydrogens is 358 g/mol. The van der Waals surface area contributed by atoms with Crippen molar-refractivity contribution in [3.8, 4) is 5.75 Å². The lowest BCUT2D eigenvalue weighted by molar-refractivity contribution is -0.118. The zero-order valence-electron chi connectivity index (χ0n) is 14.2. The molecule has 1 N–H and O–H groups in total. The third-order valence-corrected chi connectivity index (χ3v) is 4.36. The largest absolute Gasteiger partial charge is 0.495 e. The minimum absolute atomic E-state index is 0.201. The van der Waals surface area contributed by atoms with E-state index >= 15 is 0 Å². The predicted molar refractivity (Wildman–Crippen MR) is 97.8 cm³/mol. The highest BCUT2D eigenvalue weighted by Gasteiger charge is 2.18. The van der Waals surface area contributed by atoms with E-state index < -0.39 is 0 Å². The molecule has 26 heavy (non-hydrogen) atoms. The lowest BCUT2D eigenvalue weighted by atomic mass is 10.3. The summed E-state index contributed by atoms with van der Waals surface area (Å²) >= 11 is 6.05. The van der Waals surface area contributed by atoms with Crippen molar-refractivity contribution < 1.29 is 14.3 Å². The van der Waals surface area contributed by atoms with Gasteiger partial charge in [-0.15, -0.1) is 0 Å². The number of piperazine rings is 1. The fourth-order valence-corrected chi connectivity index (χ4v) is 2.86. The summed E-state index contributed by atoms with van der Waals surface area (Å²) in [5, 5.41) is 3.13. The summed E-state index contributed by atoms with van der Waals surface area (Å²) in [5.74, 6) is 0.833. The van der Waals surface area contributed by atoms with E-state index in [0.29, 0.717) is 48.5 Å². The van der Waals surface area contributed by atoms with Crippen molar-refractivity contribution in [3.05, 3.63) is 41.3 Å². The van der Waals surface area contributed by atoms with Crippen LogP contribution in [0.4, 0.5) is 11.5 Å². The Balaban J connectivity index is 1.64. The number of methoxy groups -OCH3 is 1. The van der Waals surface area contributed by atoms with Crippen molar-refractivity contribution >= 4 is 35.4 Å². The highest BCUT2D eigenvalue weighted by atomic mass is 35.5. The minimum atomic E-state index is -0.379. The molecule has 2 amide bonds. The number of nitrogens with zero attached hydrogens (tertiary/aromatic N) is 4. The monoisotopic (exact) mass is 375 g/mol. The zero-order chi connectivity index (χ0) is 18.5. The number of rotatable bonds is 5. The molecule has 1 aliphatic heterocycles. The summed E-state index contributed by atoms with van der Waals surface area (Å²) in [6, 6.07) is 4.97. The van der Waals surface area contributed by atoms with Gasteiger partial charge in [0.1, 0.15) is 17.3 Å². The lowest BCUT2D eigenvalue weighted by Gasteiger charge is -2.33. The van der Waals surface area contributed by atoms with Crippen molar-refractivity contribution in [3.63, 3.8) is 0 Å². The standard InChI is InChI=1S/C17H18ClN5O3/c1-26-15-3-2-12(8-13(15)18)21-17(25)14-9-20-16(10-19-14)23-6-4-22(11-24)5-7-23/h2-3,8-11H,4-7H2,1H3,(H,21,25). The van der Waals surface area contributed by atoms with Crippen LogP contribution >= 0.6 is 11.6 Å². The topological polar surface area (TPSA) is 87.7 Å². The van der Waals surface area contributed by atoms with Crippen molar-refractivity contribution in [1.29, 1.82) is 0 Å². The zero-order valence-corrected chi connectivity index (χ0v) is 14.9. The van der Waals surface area contributed by atoms with E-state index in [1.165, 1.54) is 13.3 Å². The second kappa shape index (κ2) is 8.01. The number of halogens is 1. The molecule has 2 aromatic rings. The first-order chi connectivity index (χ1) is 12.6. The Hall–Kier alpha value is -2.87. The summed E-state index contributed by atoms with van der Waals surface area (Å²) in [5.41, 5.74) is 0.740. The fourth-order valence-electron chi connectivity index (χ4n) is 2.60. The number of anilines is 2. The van der Waals surface area contributed by atoms with Gasteiger partial charge in [-0.1, -0.05) is 11.6 Å². The molecule has 1 aliphatic rings. The van der Waals surface area contributed by atoms with Gasteiger partial charge in [-0.05, 0) is 18.2 Å². The number of hydrogen-bond acceptors (Lipinski definition) is 6. The summed E-state index contributed by atoms with van der Waals surface area (Å²) in [6.45, 7) is 2.66. The molecule has 0 aliphatic carbocycles. The summed E-state index contributed by atoms with van der Waals surface area (Å²) in [4.78, 5) is 35.3. The molecule has 1 aromatic carbocycles. The van der Waals surface area contributed by atoms with Crippen molar-refractivity contribution in [2.24, 2.45) is 0 Å². The lowest BCUT2D eigenvalue weighted by Crippen LogP contribution is -2.46. The molecule has 1 aromatic heterocycles. The summed E-state index contributed by atoms with van der Waals surface area (Å²) < 4.78 is 5.08. The van der Waals surface area contributed by atoms with Gasteiger partial charge in [-0.3, -0.25) is 9.59 Å². The molecule has 8 nitrogen and oxygen atoms in total. The molecule has 1 fully saturated rings. The summed E-state index contributed by atoms with van der Waals surface area (Å²) in [7, 11) is 1.52. The number of ether oxygens (including phenoxy) is 1. The van der Waals surface area contributed by atoms with Crippen molar-refractivity contribution in [2.45, 2.75) is 0 Å². The fraction of sp³-hybridized carbons (Fsp3) is 0.294. The van der Waals surface area contributed by atoms with Crippen LogP contribution in [0, 0.1) is 0 Å². The van der Waals surface area contributed by atoms with Crippen LogP contribution in [0.25, 0.3) is 0 Å². The molecule has 2 heterocycles. The third-order valence-electron chi connectivity index (χ3n) is 4.07. The van der Waals surface area contributed by atoms with E-state index in [9.17, 15) is 9.59 Å². The van der Waals surface area contributed by atoms with E-state index in [1.54, 1.807) is 29.3 Å². The first kappa shape index (κ1) is 17.9. The molecule has 0 unspecified atom stereocenters. The molecule has 0 atom stereocenters.